The number of carbonyl (C=O) groups excluding carboxylic acids is 1. The van der Waals surface area contributed by atoms with Crippen molar-refractivity contribution in [3.63, 3.8) is 0 Å². The highest BCUT2D eigenvalue weighted by Crippen LogP contribution is 2.39. The monoisotopic (exact) mass is 379 g/mol. The van der Waals surface area contributed by atoms with Crippen LogP contribution in [0.3, 0.4) is 0 Å². The second kappa shape index (κ2) is 7.22. The standard InChI is InChI=1S/C21H25N5O2/c1-3-25-9-10-26(13-19(25)27)18-12-17(23-14-24-18)20(22)15-5-4-6-16(11-15)28-21(2)7-8-21/h4-6,11-12,14,22H,3,7-10,13H2,1-2H3. The van der Waals surface area contributed by atoms with Gasteiger partial charge in [-0.3, -0.25) is 10.2 Å². The zero-order valence-corrected chi connectivity index (χ0v) is 16.3. The molecule has 1 aliphatic heterocycles. The molecule has 146 valence electrons. The minimum absolute atomic E-state index is 0.0595. The van der Waals surface area contributed by atoms with E-state index in [2.05, 4.69) is 16.9 Å². The Labute approximate surface area is 164 Å². The maximum atomic E-state index is 12.2. The number of anilines is 1. The Morgan fingerprint density at radius 3 is 2.79 bits per heavy atom. The van der Waals surface area contributed by atoms with E-state index in [1.165, 1.54) is 6.33 Å². The SMILES string of the molecule is CCN1CCN(c2cc(C(=N)c3cccc(OC4(C)CC4)c3)ncn2)CC1=O. The van der Waals surface area contributed by atoms with Crippen LogP contribution < -0.4 is 9.64 Å². The topological polar surface area (TPSA) is 82.4 Å². The number of hydrogen-bond donors (Lipinski definition) is 1. The number of ether oxygens (including phenoxy) is 1. The van der Waals surface area contributed by atoms with Crippen molar-refractivity contribution < 1.29 is 9.53 Å². The fraction of sp³-hybridized carbons (Fsp3) is 0.429. The minimum atomic E-state index is -0.0595. The molecule has 1 saturated carbocycles. The molecule has 2 fully saturated rings. The van der Waals surface area contributed by atoms with Crippen molar-refractivity contribution in [3.05, 3.63) is 47.9 Å². The van der Waals surface area contributed by atoms with E-state index in [1.54, 1.807) is 6.07 Å². The molecule has 4 rings (SSSR count). The van der Waals surface area contributed by atoms with Gasteiger partial charge < -0.3 is 14.5 Å². The van der Waals surface area contributed by atoms with Gasteiger partial charge in [0.25, 0.3) is 0 Å². The van der Waals surface area contributed by atoms with Crippen LogP contribution in [0.4, 0.5) is 5.82 Å². The van der Waals surface area contributed by atoms with Crippen molar-refractivity contribution in [1.29, 1.82) is 5.41 Å². The van der Waals surface area contributed by atoms with Gasteiger partial charge in [-0.2, -0.15) is 0 Å². The predicted octanol–water partition coefficient (Wildman–Crippen LogP) is 2.49. The number of likely N-dealkylation sites (N-methyl/N-ethyl adjacent to an activating group) is 1. The van der Waals surface area contributed by atoms with E-state index in [0.717, 1.165) is 37.2 Å². The summed E-state index contributed by atoms with van der Waals surface area (Å²) in [5, 5.41) is 8.59. The molecule has 2 heterocycles. The number of benzene rings is 1. The number of carbonyl (C=O) groups is 1. The molecular weight excluding hydrogens is 354 g/mol. The lowest BCUT2D eigenvalue weighted by Crippen LogP contribution is -2.50. The van der Waals surface area contributed by atoms with Crippen LogP contribution in [0.25, 0.3) is 0 Å². The largest absolute Gasteiger partial charge is 0.488 e. The molecule has 0 unspecified atom stereocenters. The first-order chi connectivity index (χ1) is 13.5. The number of aromatic nitrogens is 2. The third-order valence-corrected chi connectivity index (χ3v) is 5.37. The summed E-state index contributed by atoms with van der Waals surface area (Å²) in [6, 6.07) is 9.38. The smallest absolute Gasteiger partial charge is 0.242 e. The normalized spacial score (nSPS) is 18.1. The summed E-state index contributed by atoms with van der Waals surface area (Å²) in [6.45, 7) is 6.53. The second-order valence-electron chi connectivity index (χ2n) is 7.61. The van der Waals surface area contributed by atoms with E-state index in [4.69, 9.17) is 10.1 Å². The molecule has 28 heavy (non-hydrogen) atoms. The number of piperazine rings is 1. The van der Waals surface area contributed by atoms with Gasteiger partial charge in [0.05, 0.1) is 18.0 Å². The van der Waals surface area contributed by atoms with Crippen LogP contribution in [0, 0.1) is 5.41 Å². The van der Waals surface area contributed by atoms with Crippen LogP contribution in [0.5, 0.6) is 5.75 Å². The van der Waals surface area contributed by atoms with Crippen molar-refractivity contribution in [3.8, 4) is 5.75 Å². The fourth-order valence-corrected chi connectivity index (χ4v) is 3.32. The van der Waals surface area contributed by atoms with Gasteiger partial charge in [0.15, 0.2) is 0 Å². The third kappa shape index (κ3) is 3.83. The Kier molecular flexibility index (Phi) is 4.75. The lowest BCUT2D eigenvalue weighted by Gasteiger charge is -2.34. The van der Waals surface area contributed by atoms with Crippen molar-refractivity contribution >= 4 is 17.4 Å². The average Bonchev–Trinajstić information content (AvgIpc) is 3.44. The summed E-state index contributed by atoms with van der Waals surface area (Å²) in [7, 11) is 0. The molecule has 1 aromatic heterocycles. The quantitative estimate of drug-likeness (QED) is 0.780. The first-order valence-electron chi connectivity index (χ1n) is 9.70. The molecule has 0 bridgehead atoms. The van der Waals surface area contributed by atoms with E-state index in [0.29, 0.717) is 30.3 Å². The van der Waals surface area contributed by atoms with E-state index in [1.807, 2.05) is 41.0 Å². The van der Waals surface area contributed by atoms with Crippen LogP contribution in [-0.4, -0.2) is 58.3 Å². The Hall–Kier alpha value is -2.96. The Bertz CT molecular complexity index is 909. The van der Waals surface area contributed by atoms with Crippen LogP contribution in [0.15, 0.2) is 36.7 Å². The summed E-state index contributed by atoms with van der Waals surface area (Å²) in [6.07, 6.45) is 3.59. The average molecular weight is 379 g/mol. The van der Waals surface area contributed by atoms with Crippen molar-refractivity contribution in [2.45, 2.75) is 32.3 Å². The zero-order chi connectivity index (χ0) is 19.7. The Balaban J connectivity index is 1.52. The summed E-state index contributed by atoms with van der Waals surface area (Å²) in [4.78, 5) is 24.6. The molecule has 0 radical (unpaired) electrons. The van der Waals surface area contributed by atoms with Crippen LogP contribution in [-0.2, 0) is 4.79 Å². The highest BCUT2D eigenvalue weighted by molar-refractivity contribution is 6.10. The van der Waals surface area contributed by atoms with Gasteiger partial charge >= 0.3 is 0 Å². The number of nitrogens with zero attached hydrogens (tertiary/aromatic N) is 4. The molecule has 7 nitrogen and oxygen atoms in total. The second-order valence-corrected chi connectivity index (χ2v) is 7.61. The molecule has 0 spiro atoms. The van der Waals surface area contributed by atoms with Crippen LogP contribution in [0.1, 0.15) is 37.9 Å². The molecule has 1 N–H and O–H groups in total. The number of rotatable bonds is 6. The molecule has 2 aliphatic rings. The molecule has 1 aliphatic carbocycles. The molecule has 1 aromatic carbocycles. The lowest BCUT2D eigenvalue weighted by atomic mass is 10.1. The first-order valence-corrected chi connectivity index (χ1v) is 9.70. The van der Waals surface area contributed by atoms with Crippen LogP contribution in [0.2, 0.25) is 0 Å². The van der Waals surface area contributed by atoms with E-state index in [-0.39, 0.29) is 11.5 Å². The summed E-state index contributed by atoms with van der Waals surface area (Å²) >= 11 is 0. The minimum Gasteiger partial charge on any atom is -0.488 e. The van der Waals surface area contributed by atoms with Gasteiger partial charge in [0.1, 0.15) is 23.5 Å². The lowest BCUT2D eigenvalue weighted by molar-refractivity contribution is -0.130. The van der Waals surface area contributed by atoms with E-state index >= 15 is 0 Å². The summed E-state index contributed by atoms with van der Waals surface area (Å²) < 4.78 is 6.01. The van der Waals surface area contributed by atoms with Crippen molar-refractivity contribution in [2.75, 3.05) is 31.1 Å². The van der Waals surface area contributed by atoms with Gasteiger partial charge in [-0.1, -0.05) is 12.1 Å². The molecule has 2 aromatic rings. The number of amides is 1. The summed E-state index contributed by atoms with van der Waals surface area (Å²) in [5.41, 5.74) is 1.53. The number of hydrogen-bond acceptors (Lipinski definition) is 6. The summed E-state index contributed by atoms with van der Waals surface area (Å²) in [5.74, 6) is 1.55. The van der Waals surface area contributed by atoms with Crippen molar-refractivity contribution in [1.82, 2.24) is 14.9 Å². The Morgan fingerprint density at radius 2 is 2.07 bits per heavy atom. The van der Waals surface area contributed by atoms with Gasteiger partial charge in [-0.25, -0.2) is 9.97 Å². The van der Waals surface area contributed by atoms with Gasteiger partial charge in [-0.15, -0.1) is 0 Å². The van der Waals surface area contributed by atoms with Gasteiger partial charge in [0, 0.05) is 31.3 Å². The molecule has 1 saturated heterocycles. The van der Waals surface area contributed by atoms with Crippen molar-refractivity contribution in [2.24, 2.45) is 0 Å². The Morgan fingerprint density at radius 1 is 1.25 bits per heavy atom. The highest BCUT2D eigenvalue weighted by atomic mass is 16.5. The highest BCUT2D eigenvalue weighted by Gasteiger charge is 2.40. The molecule has 1 amide bonds. The van der Waals surface area contributed by atoms with Gasteiger partial charge in [0.2, 0.25) is 5.91 Å². The zero-order valence-electron chi connectivity index (χ0n) is 16.3. The predicted molar refractivity (Wildman–Crippen MR) is 107 cm³/mol. The first kappa shape index (κ1) is 18.4. The van der Waals surface area contributed by atoms with Gasteiger partial charge in [-0.05, 0) is 38.8 Å². The van der Waals surface area contributed by atoms with E-state index < -0.39 is 0 Å². The van der Waals surface area contributed by atoms with Crippen LogP contribution >= 0.6 is 0 Å². The van der Waals surface area contributed by atoms with E-state index in [9.17, 15) is 4.79 Å². The maximum Gasteiger partial charge on any atom is 0.242 e. The molecule has 0 atom stereocenters. The maximum absolute atomic E-state index is 12.2. The molecular formula is C21H25N5O2. The third-order valence-electron chi connectivity index (χ3n) is 5.37. The molecule has 7 heteroatoms. The number of nitrogens with one attached hydrogen (secondary N) is 1. The fourth-order valence-electron chi connectivity index (χ4n) is 3.32.